The molecule has 0 rings (SSSR count). The van der Waals surface area contributed by atoms with Crippen molar-refractivity contribution in [1.29, 1.82) is 0 Å². The van der Waals surface area contributed by atoms with Crippen LogP contribution >= 0.6 is 0 Å². The maximum absolute atomic E-state index is 12.0. The van der Waals surface area contributed by atoms with Gasteiger partial charge in [0.25, 0.3) is 0 Å². The van der Waals surface area contributed by atoms with E-state index >= 15 is 0 Å². The molecule has 0 saturated carbocycles. The molecule has 0 saturated heterocycles. The number of esters is 2. The van der Waals surface area contributed by atoms with Crippen molar-refractivity contribution in [3.63, 3.8) is 0 Å². The molecule has 0 bridgehead atoms. The molecule has 1 N–H and O–H groups in total. The summed E-state index contributed by atoms with van der Waals surface area (Å²) in [4.78, 5) is 23.9. The van der Waals surface area contributed by atoms with Crippen molar-refractivity contribution in [3.8, 4) is 0 Å². The molecular formula is C39H76O5. The van der Waals surface area contributed by atoms with Crippen LogP contribution in [0.4, 0.5) is 0 Å². The Hall–Kier alpha value is -1.10. The number of aliphatic hydroxyl groups excluding tert-OH is 1. The van der Waals surface area contributed by atoms with Crippen LogP contribution in [0.5, 0.6) is 0 Å². The summed E-state index contributed by atoms with van der Waals surface area (Å²) in [5.74, 6) is 1.16. The van der Waals surface area contributed by atoms with Crippen LogP contribution in [0.1, 0.15) is 207 Å². The minimum atomic E-state index is -0.956. The van der Waals surface area contributed by atoms with Gasteiger partial charge in [-0.15, -0.1) is 0 Å². The summed E-state index contributed by atoms with van der Waals surface area (Å²) in [6, 6.07) is 0. The quantitative estimate of drug-likeness (QED) is 0.0569. The number of aliphatic hydroxyl groups is 1. The van der Waals surface area contributed by atoms with E-state index in [9.17, 15) is 14.7 Å². The Morgan fingerprint density at radius 1 is 0.477 bits per heavy atom. The molecule has 44 heavy (non-hydrogen) atoms. The maximum Gasteiger partial charge on any atom is 0.305 e. The number of carbonyl (C=O) groups is 2. The van der Waals surface area contributed by atoms with E-state index in [4.69, 9.17) is 9.47 Å². The van der Waals surface area contributed by atoms with E-state index < -0.39 is 6.10 Å². The molecule has 0 aromatic rings. The molecule has 0 aromatic heterocycles. The van der Waals surface area contributed by atoms with Crippen LogP contribution in [0.2, 0.25) is 0 Å². The zero-order valence-corrected chi connectivity index (χ0v) is 30.0. The average molecular weight is 625 g/mol. The number of hydrogen-bond donors (Lipinski definition) is 1. The van der Waals surface area contributed by atoms with Gasteiger partial charge in [0.15, 0.2) is 0 Å². The second-order valence-electron chi connectivity index (χ2n) is 14.1. The molecule has 0 radical (unpaired) electrons. The van der Waals surface area contributed by atoms with Crippen molar-refractivity contribution in [2.24, 2.45) is 11.8 Å². The molecule has 0 aliphatic rings. The topological polar surface area (TPSA) is 72.8 Å². The zero-order chi connectivity index (χ0) is 32.5. The van der Waals surface area contributed by atoms with Gasteiger partial charge in [-0.3, -0.25) is 9.59 Å². The third-order valence-corrected chi connectivity index (χ3v) is 9.06. The minimum absolute atomic E-state index is 0.109. The molecule has 5 nitrogen and oxygen atoms in total. The molecule has 0 aliphatic heterocycles. The van der Waals surface area contributed by atoms with Crippen LogP contribution in [-0.4, -0.2) is 36.4 Å². The Bertz CT molecular complexity index is 620. The second kappa shape index (κ2) is 33.3. The molecule has 5 heteroatoms. The first-order chi connectivity index (χ1) is 21.3. The summed E-state index contributed by atoms with van der Waals surface area (Å²) >= 11 is 0. The molecular weight excluding hydrogens is 548 g/mol. The monoisotopic (exact) mass is 625 g/mol. The van der Waals surface area contributed by atoms with Gasteiger partial charge in [-0.25, -0.2) is 0 Å². The highest BCUT2D eigenvalue weighted by atomic mass is 16.6. The predicted octanol–water partition coefficient (Wildman–Crippen LogP) is 11.7. The lowest BCUT2D eigenvalue weighted by Crippen LogP contribution is -2.25. The van der Waals surface area contributed by atoms with E-state index in [0.717, 1.165) is 43.9 Å². The number of carbonyl (C=O) groups excluding carboxylic acids is 2. The van der Waals surface area contributed by atoms with Crippen LogP contribution in [0, 0.1) is 11.8 Å². The predicted molar refractivity (Wildman–Crippen MR) is 187 cm³/mol. The fourth-order valence-corrected chi connectivity index (χ4v) is 5.72. The van der Waals surface area contributed by atoms with E-state index in [1.165, 1.54) is 135 Å². The molecule has 0 fully saturated rings. The average Bonchev–Trinajstić information content (AvgIpc) is 3.00. The van der Waals surface area contributed by atoms with Crippen molar-refractivity contribution < 1.29 is 24.2 Å². The van der Waals surface area contributed by atoms with Gasteiger partial charge in [0.05, 0.1) is 0 Å². The lowest BCUT2D eigenvalue weighted by Gasteiger charge is -2.12. The third-order valence-electron chi connectivity index (χ3n) is 9.06. The fourth-order valence-electron chi connectivity index (χ4n) is 5.72. The SMILES string of the molecule is CCC(C)CCCCCCCCCCC(=O)OC[C@@H](O)COC(=O)CCCCCCCCCCCCCCCCCC(C)C. The highest BCUT2D eigenvalue weighted by Crippen LogP contribution is 2.16. The van der Waals surface area contributed by atoms with E-state index in [1.807, 2.05) is 0 Å². The van der Waals surface area contributed by atoms with Gasteiger partial charge in [0.2, 0.25) is 0 Å². The molecule has 0 spiro atoms. The molecule has 2 atom stereocenters. The Balaban J connectivity index is 3.39. The summed E-state index contributed by atoms with van der Waals surface area (Å²) in [7, 11) is 0. The van der Waals surface area contributed by atoms with Crippen LogP contribution in [0.25, 0.3) is 0 Å². The molecule has 0 aromatic carbocycles. The lowest BCUT2D eigenvalue weighted by atomic mass is 9.99. The van der Waals surface area contributed by atoms with Gasteiger partial charge < -0.3 is 14.6 Å². The first-order valence-corrected chi connectivity index (χ1v) is 19.3. The third kappa shape index (κ3) is 33.8. The van der Waals surface area contributed by atoms with Crippen LogP contribution in [0.15, 0.2) is 0 Å². The standard InChI is InChI=1S/C39H76O5/c1-5-36(4)30-26-22-18-15-16-20-24-28-32-39(42)44-34-37(40)33-43-38(41)31-27-23-19-14-12-10-8-6-7-9-11-13-17-21-25-29-35(2)3/h35-37,40H,5-34H2,1-4H3/t36?,37-/m0/s1. The van der Waals surface area contributed by atoms with Gasteiger partial charge in [0.1, 0.15) is 19.3 Å². The molecule has 1 unspecified atom stereocenters. The summed E-state index contributed by atoms with van der Waals surface area (Å²) in [6.45, 7) is 9.02. The Kier molecular flexibility index (Phi) is 32.4. The fraction of sp³-hybridized carbons (Fsp3) is 0.949. The number of rotatable bonds is 34. The Labute approximate surface area is 274 Å². The summed E-state index contributed by atoms with van der Waals surface area (Å²) in [5, 5.41) is 9.99. The van der Waals surface area contributed by atoms with E-state index in [-0.39, 0.29) is 25.2 Å². The van der Waals surface area contributed by atoms with Gasteiger partial charge in [-0.1, -0.05) is 182 Å². The normalized spacial score (nSPS) is 12.9. The van der Waals surface area contributed by atoms with Crippen LogP contribution < -0.4 is 0 Å². The van der Waals surface area contributed by atoms with Crippen molar-refractivity contribution in [2.45, 2.75) is 214 Å². The van der Waals surface area contributed by atoms with E-state index in [0.29, 0.717) is 12.8 Å². The zero-order valence-electron chi connectivity index (χ0n) is 30.0. The lowest BCUT2D eigenvalue weighted by molar-refractivity contribution is -0.152. The van der Waals surface area contributed by atoms with Crippen molar-refractivity contribution in [3.05, 3.63) is 0 Å². The highest BCUT2D eigenvalue weighted by Gasteiger charge is 2.12. The van der Waals surface area contributed by atoms with Gasteiger partial charge in [0, 0.05) is 12.8 Å². The first-order valence-electron chi connectivity index (χ1n) is 19.3. The van der Waals surface area contributed by atoms with Crippen molar-refractivity contribution in [1.82, 2.24) is 0 Å². The minimum Gasteiger partial charge on any atom is -0.463 e. The van der Waals surface area contributed by atoms with Crippen molar-refractivity contribution in [2.75, 3.05) is 13.2 Å². The summed E-state index contributed by atoms with van der Waals surface area (Å²) < 4.78 is 10.3. The van der Waals surface area contributed by atoms with Gasteiger partial charge >= 0.3 is 11.9 Å². The van der Waals surface area contributed by atoms with Crippen molar-refractivity contribution >= 4 is 11.9 Å². The van der Waals surface area contributed by atoms with Gasteiger partial charge in [-0.2, -0.15) is 0 Å². The molecule has 0 amide bonds. The van der Waals surface area contributed by atoms with E-state index in [1.54, 1.807) is 0 Å². The molecule has 0 aliphatic carbocycles. The number of hydrogen-bond acceptors (Lipinski definition) is 5. The van der Waals surface area contributed by atoms with Crippen LogP contribution in [-0.2, 0) is 19.1 Å². The second-order valence-corrected chi connectivity index (χ2v) is 14.1. The number of unbranched alkanes of at least 4 members (excludes halogenated alkanes) is 21. The smallest absolute Gasteiger partial charge is 0.305 e. The molecule has 262 valence electrons. The van der Waals surface area contributed by atoms with E-state index in [2.05, 4.69) is 27.7 Å². The Morgan fingerprint density at radius 3 is 1.09 bits per heavy atom. The summed E-state index contributed by atoms with van der Waals surface area (Å²) in [6.07, 6.45) is 33.0. The van der Waals surface area contributed by atoms with Crippen LogP contribution in [0.3, 0.4) is 0 Å². The largest absolute Gasteiger partial charge is 0.463 e. The number of ether oxygens (including phenoxy) is 2. The summed E-state index contributed by atoms with van der Waals surface area (Å²) in [5.41, 5.74) is 0. The molecule has 0 heterocycles. The maximum atomic E-state index is 12.0. The Morgan fingerprint density at radius 2 is 0.773 bits per heavy atom. The first kappa shape index (κ1) is 42.9. The highest BCUT2D eigenvalue weighted by molar-refractivity contribution is 5.69. The van der Waals surface area contributed by atoms with Gasteiger partial charge in [-0.05, 0) is 24.7 Å².